The predicted octanol–water partition coefficient (Wildman–Crippen LogP) is 4.49. The largest absolute Gasteiger partial charge is 0.340 e. The zero-order valence-corrected chi connectivity index (χ0v) is 16.4. The number of imidazole rings is 1. The van der Waals surface area contributed by atoms with Crippen LogP contribution < -0.4 is 10.6 Å². The number of halogens is 2. The van der Waals surface area contributed by atoms with Gasteiger partial charge >= 0.3 is 0 Å². The van der Waals surface area contributed by atoms with E-state index in [-0.39, 0.29) is 18.4 Å². The average molecular weight is 400 g/mol. The molecule has 1 fully saturated rings. The fraction of sp³-hybridized carbons (Fsp3) is 0.333. The van der Waals surface area contributed by atoms with Crippen molar-refractivity contribution in [1.29, 1.82) is 0 Å². The molecule has 146 valence electrons. The fourth-order valence-corrected chi connectivity index (χ4v) is 3.75. The van der Waals surface area contributed by atoms with Crippen LogP contribution in [0.5, 0.6) is 0 Å². The van der Waals surface area contributed by atoms with Crippen molar-refractivity contribution >= 4 is 35.1 Å². The number of para-hydroxylation sites is 2. The molecule has 1 aromatic heterocycles. The fourth-order valence-electron chi connectivity index (χ4n) is 3.75. The lowest BCUT2D eigenvalue weighted by atomic mass is 10.0. The molecule has 4 rings (SSSR count). The zero-order valence-electron chi connectivity index (χ0n) is 15.6. The molecule has 1 saturated heterocycles. The normalized spacial score (nSPS) is 20.4. The Labute approximate surface area is 170 Å². The molecule has 7 heteroatoms. The van der Waals surface area contributed by atoms with E-state index in [1.165, 1.54) is 0 Å². The van der Waals surface area contributed by atoms with E-state index in [1.54, 1.807) is 0 Å². The molecule has 0 radical (unpaired) electrons. The number of anilines is 1. The highest BCUT2D eigenvalue weighted by Crippen LogP contribution is 2.32. The van der Waals surface area contributed by atoms with Gasteiger partial charge in [-0.25, -0.2) is 14.2 Å². The molecule has 0 saturated carbocycles. The maximum absolute atomic E-state index is 13.9. The van der Waals surface area contributed by atoms with E-state index in [2.05, 4.69) is 27.3 Å². The Morgan fingerprint density at radius 1 is 1.21 bits per heavy atom. The van der Waals surface area contributed by atoms with Crippen molar-refractivity contribution in [3.8, 4) is 0 Å². The molecule has 2 N–H and O–H groups in total. The third kappa shape index (κ3) is 3.56. The van der Waals surface area contributed by atoms with Gasteiger partial charge in [0.05, 0.1) is 29.7 Å². The van der Waals surface area contributed by atoms with Crippen LogP contribution in [-0.4, -0.2) is 34.9 Å². The van der Waals surface area contributed by atoms with Gasteiger partial charge in [-0.3, -0.25) is 0 Å². The summed E-state index contributed by atoms with van der Waals surface area (Å²) in [4.78, 5) is 10.4. The highest BCUT2D eigenvalue weighted by atomic mass is 35.5. The lowest BCUT2D eigenvalue weighted by Gasteiger charge is -2.35. The number of rotatable bonds is 3. The predicted molar refractivity (Wildman–Crippen MR) is 113 cm³/mol. The Hall–Kier alpha value is -2.62. The number of nitrogens with zero attached hydrogens (tertiary/aromatic N) is 4. The van der Waals surface area contributed by atoms with Gasteiger partial charge in [0.15, 0.2) is 5.69 Å². The van der Waals surface area contributed by atoms with Gasteiger partial charge in [-0.2, -0.15) is 0 Å². The van der Waals surface area contributed by atoms with Crippen LogP contribution in [0.25, 0.3) is 15.9 Å². The number of hydrogen-bond donors (Lipinski definition) is 1. The second-order valence-corrected chi connectivity index (χ2v) is 7.06. The number of nitrogens with two attached hydrogens (primary N) is 1. The molecular weight excluding hydrogens is 377 g/mol. The number of piperidine rings is 1. The second kappa shape index (κ2) is 8.17. The van der Waals surface area contributed by atoms with Crippen LogP contribution in [0, 0.1) is 6.57 Å². The third-order valence-electron chi connectivity index (χ3n) is 5.32. The smallest absolute Gasteiger partial charge is 0.207 e. The highest BCUT2D eigenvalue weighted by Gasteiger charge is 2.30. The summed E-state index contributed by atoms with van der Waals surface area (Å²) in [7, 11) is 0. The molecule has 28 heavy (non-hydrogen) atoms. The highest BCUT2D eigenvalue weighted by molar-refractivity contribution is 5.85. The van der Waals surface area contributed by atoms with E-state index < -0.39 is 12.2 Å². The first-order valence-electron chi connectivity index (χ1n) is 9.17. The van der Waals surface area contributed by atoms with Crippen molar-refractivity contribution < 1.29 is 4.39 Å². The maximum atomic E-state index is 13.9. The summed E-state index contributed by atoms with van der Waals surface area (Å²) in [5.41, 5.74) is 9.65. The van der Waals surface area contributed by atoms with Crippen LogP contribution in [0.3, 0.4) is 0 Å². The zero-order chi connectivity index (χ0) is 19.0. The Balaban J connectivity index is 0.00000225. The van der Waals surface area contributed by atoms with Gasteiger partial charge in [0, 0.05) is 13.1 Å². The summed E-state index contributed by atoms with van der Waals surface area (Å²) >= 11 is 0. The molecule has 3 atom stereocenters. The summed E-state index contributed by atoms with van der Waals surface area (Å²) in [6, 6.07) is 15.2. The van der Waals surface area contributed by atoms with Crippen molar-refractivity contribution in [1.82, 2.24) is 9.55 Å². The van der Waals surface area contributed by atoms with Gasteiger partial charge in [0.2, 0.25) is 5.95 Å². The molecule has 0 aliphatic carbocycles. The first-order chi connectivity index (χ1) is 13.1. The number of alkyl halides is 1. The summed E-state index contributed by atoms with van der Waals surface area (Å²) in [6.07, 6.45) is -0.545. The van der Waals surface area contributed by atoms with Crippen LogP contribution >= 0.6 is 12.4 Å². The molecule has 0 spiro atoms. The Kier molecular flexibility index (Phi) is 5.87. The van der Waals surface area contributed by atoms with Crippen LogP contribution in [0.2, 0.25) is 0 Å². The number of hydrogen-bond acceptors (Lipinski definition) is 3. The maximum Gasteiger partial charge on any atom is 0.207 e. The Morgan fingerprint density at radius 2 is 1.93 bits per heavy atom. The number of benzene rings is 2. The van der Waals surface area contributed by atoms with Crippen molar-refractivity contribution in [2.24, 2.45) is 5.73 Å². The third-order valence-corrected chi connectivity index (χ3v) is 5.32. The summed E-state index contributed by atoms with van der Waals surface area (Å²) < 4.78 is 16.1. The number of fused-ring (bicyclic) bond motifs is 1. The monoisotopic (exact) mass is 399 g/mol. The minimum Gasteiger partial charge on any atom is -0.340 e. The topological polar surface area (TPSA) is 51.4 Å². The Morgan fingerprint density at radius 3 is 2.61 bits per heavy atom. The van der Waals surface area contributed by atoms with E-state index in [0.717, 1.165) is 22.5 Å². The van der Waals surface area contributed by atoms with Crippen molar-refractivity contribution in [2.75, 3.05) is 18.0 Å². The average Bonchev–Trinajstić information content (AvgIpc) is 3.09. The van der Waals surface area contributed by atoms with Gasteiger partial charge in [0.25, 0.3) is 0 Å². The summed E-state index contributed by atoms with van der Waals surface area (Å²) in [6.45, 7) is 10.3. The van der Waals surface area contributed by atoms with Crippen LogP contribution in [-0.2, 0) is 0 Å². The van der Waals surface area contributed by atoms with Gasteiger partial charge in [-0.15, -0.1) is 12.4 Å². The van der Waals surface area contributed by atoms with Crippen LogP contribution in [0.1, 0.15) is 24.9 Å². The van der Waals surface area contributed by atoms with E-state index in [4.69, 9.17) is 17.3 Å². The van der Waals surface area contributed by atoms with Crippen molar-refractivity contribution in [3.05, 3.63) is 65.5 Å². The quantitative estimate of drug-likeness (QED) is 0.660. The molecule has 1 aliphatic rings. The molecule has 0 unspecified atom stereocenters. The van der Waals surface area contributed by atoms with Gasteiger partial charge in [-0.1, -0.05) is 36.4 Å². The minimum absolute atomic E-state index is 0. The first kappa shape index (κ1) is 20.1. The summed E-state index contributed by atoms with van der Waals surface area (Å²) in [5.74, 6) is 0.820. The lowest BCUT2D eigenvalue weighted by molar-refractivity contribution is 0.243. The molecule has 2 heterocycles. The van der Waals surface area contributed by atoms with Gasteiger partial charge in [-0.05, 0) is 31.0 Å². The molecule has 5 nitrogen and oxygen atoms in total. The molecular formula is C21H23ClFN5. The second-order valence-electron chi connectivity index (χ2n) is 7.06. The van der Waals surface area contributed by atoms with Crippen molar-refractivity contribution in [3.63, 3.8) is 0 Å². The molecule has 0 amide bonds. The van der Waals surface area contributed by atoms with Crippen molar-refractivity contribution in [2.45, 2.75) is 31.6 Å². The molecule has 1 aliphatic heterocycles. The van der Waals surface area contributed by atoms with E-state index in [9.17, 15) is 4.39 Å². The van der Waals surface area contributed by atoms with Crippen LogP contribution in [0.4, 0.5) is 16.0 Å². The first-order valence-corrected chi connectivity index (χ1v) is 9.17. The minimum atomic E-state index is -0.960. The van der Waals surface area contributed by atoms with E-state index in [0.29, 0.717) is 25.2 Å². The van der Waals surface area contributed by atoms with E-state index >= 15 is 0 Å². The SMILES string of the molecule is Cl.[C-]#[N+]c1ccc([C@@H](C)n2c(N3CC[C@H](F)[C@H](N)C3)nc3ccccc32)cc1. The Bertz CT molecular complexity index is 994. The standard InChI is InChI=1S/C21H22FN5.ClH/c1-14(15-7-9-16(24-2)10-8-15)27-20-6-4-3-5-19(20)25-21(27)26-12-11-17(22)18(23)13-26;/h3-10,14,17-18H,11-13,23H2,1H3;1H/t14-,17+,18-;/m1./s1. The molecule has 2 aromatic carbocycles. The lowest BCUT2D eigenvalue weighted by Crippen LogP contribution is -2.50. The van der Waals surface area contributed by atoms with Gasteiger partial charge in [0.1, 0.15) is 6.17 Å². The summed E-state index contributed by atoms with van der Waals surface area (Å²) in [5, 5.41) is 0. The van der Waals surface area contributed by atoms with E-state index in [1.807, 2.05) is 42.5 Å². The number of aromatic nitrogens is 2. The molecule has 0 bridgehead atoms. The van der Waals surface area contributed by atoms with Crippen LogP contribution in [0.15, 0.2) is 48.5 Å². The van der Waals surface area contributed by atoms with Gasteiger partial charge < -0.3 is 15.2 Å². The molecule has 3 aromatic rings.